The van der Waals surface area contributed by atoms with E-state index in [-0.39, 0.29) is 5.91 Å². The Balaban J connectivity index is 1.82. The minimum Gasteiger partial charge on any atom is -0.352 e. The summed E-state index contributed by atoms with van der Waals surface area (Å²) in [6.07, 6.45) is 4.75. The van der Waals surface area contributed by atoms with E-state index in [1.807, 2.05) is 12.1 Å². The van der Waals surface area contributed by atoms with Crippen molar-refractivity contribution in [3.63, 3.8) is 0 Å². The van der Waals surface area contributed by atoms with Gasteiger partial charge in [-0.25, -0.2) is 0 Å². The number of hydrogen-bond acceptors (Lipinski definition) is 2. The predicted molar refractivity (Wildman–Crippen MR) is 87.4 cm³/mol. The first-order chi connectivity index (χ1) is 10.2. The van der Waals surface area contributed by atoms with Crippen LogP contribution in [0.2, 0.25) is 0 Å². The molecule has 0 bridgehead atoms. The molecule has 0 unspecified atom stereocenters. The van der Waals surface area contributed by atoms with Gasteiger partial charge in [-0.3, -0.25) is 9.69 Å². The lowest BCUT2D eigenvalue weighted by Crippen LogP contribution is -2.32. The fraction of sp³-hybridized carbons (Fsp3) is 0.611. The molecule has 3 nitrogen and oxygen atoms in total. The van der Waals surface area contributed by atoms with E-state index in [0.29, 0.717) is 0 Å². The SMILES string of the molecule is CCCCNC(=O)c1ccc(CN2CCC(C)CC2)cc1. The number of unbranched alkanes of at least 4 members (excludes halogenated alkanes) is 1. The summed E-state index contributed by atoms with van der Waals surface area (Å²) in [5, 5.41) is 2.96. The maximum absolute atomic E-state index is 11.9. The number of carbonyl (C=O) groups excluding carboxylic acids is 1. The molecule has 0 saturated carbocycles. The highest BCUT2D eigenvalue weighted by Crippen LogP contribution is 2.18. The molecular formula is C18H28N2O. The lowest BCUT2D eigenvalue weighted by Gasteiger charge is -2.30. The summed E-state index contributed by atoms with van der Waals surface area (Å²) in [7, 11) is 0. The Kier molecular flexibility index (Phi) is 6.24. The molecular weight excluding hydrogens is 260 g/mol. The number of nitrogens with zero attached hydrogens (tertiary/aromatic N) is 1. The van der Waals surface area contributed by atoms with Gasteiger partial charge in [0.2, 0.25) is 0 Å². The number of piperidine rings is 1. The summed E-state index contributed by atoms with van der Waals surface area (Å²) in [6.45, 7) is 8.62. The fourth-order valence-corrected chi connectivity index (χ4v) is 2.72. The average Bonchev–Trinajstić information content (AvgIpc) is 2.50. The van der Waals surface area contributed by atoms with E-state index in [4.69, 9.17) is 0 Å². The largest absolute Gasteiger partial charge is 0.352 e. The minimum absolute atomic E-state index is 0.0433. The summed E-state index contributed by atoms with van der Waals surface area (Å²) in [5.41, 5.74) is 2.07. The van der Waals surface area contributed by atoms with Crippen LogP contribution in [-0.2, 0) is 6.54 Å². The highest BCUT2D eigenvalue weighted by Gasteiger charge is 2.15. The van der Waals surface area contributed by atoms with E-state index in [1.165, 1.54) is 31.5 Å². The van der Waals surface area contributed by atoms with E-state index >= 15 is 0 Å². The minimum atomic E-state index is 0.0433. The second-order valence-electron chi connectivity index (χ2n) is 6.27. The van der Waals surface area contributed by atoms with Crippen molar-refractivity contribution in [2.75, 3.05) is 19.6 Å². The summed E-state index contributed by atoms with van der Waals surface area (Å²) < 4.78 is 0. The maximum atomic E-state index is 11.9. The second-order valence-corrected chi connectivity index (χ2v) is 6.27. The van der Waals surface area contributed by atoms with Crippen molar-refractivity contribution in [1.82, 2.24) is 10.2 Å². The Bertz CT molecular complexity index is 433. The Morgan fingerprint density at radius 1 is 1.24 bits per heavy atom. The Morgan fingerprint density at radius 3 is 2.52 bits per heavy atom. The molecule has 1 fully saturated rings. The third kappa shape index (κ3) is 5.16. The van der Waals surface area contributed by atoms with Crippen molar-refractivity contribution in [3.8, 4) is 0 Å². The molecule has 1 N–H and O–H groups in total. The molecule has 0 aliphatic carbocycles. The Labute approximate surface area is 128 Å². The molecule has 2 rings (SSSR count). The van der Waals surface area contributed by atoms with Crippen LogP contribution in [0.25, 0.3) is 0 Å². The van der Waals surface area contributed by atoms with Crippen LogP contribution in [-0.4, -0.2) is 30.4 Å². The zero-order chi connectivity index (χ0) is 15.1. The smallest absolute Gasteiger partial charge is 0.251 e. The monoisotopic (exact) mass is 288 g/mol. The highest BCUT2D eigenvalue weighted by molar-refractivity contribution is 5.94. The number of hydrogen-bond donors (Lipinski definition) is 1. The van der Waals surface area contributed by atoms with Crippen LogP contribution in [0, 0.1) is 5.92 Å². The van der Waals surface area contributed by atoms with Crippen LogP contribution in [0.15, 0.2) is 24.3 Å². The summed E-state index contributed by atoms with van der Waals surface area (Å²) in [4.78, 5) is 14.4. The van der Waals surface area contributed by atoms with Gasteiger partial charge < -0.3 is 5.32 Å². The average molecular weight is 288 g/mol. The Morgan fingerprint density at radius 2 is 1.90 bits per heavy atom. The molecule has 1 aromatic carbocycles. The maximum Gasteiger partial charge on any atom is 0.251 e. The van der Waals surface area contributed by atoms with Crippen molar-refractivity contribution in [3.05, 3.63) is 35.4 Å². The van der Waals surface area contributed by atoms with Crippen LogP contribution < -0.4 is 5.32 Å². The normalized spacial score (nSPS) is 16.9. The van der Waals surface area contributed by atoms with E-state index in [9.17, 15) is 4.79 Å². The van der Waals surface area contributed by atoms with E-state index in [2.05, 4.69) is 36.2 Å². The van der Waals surface area contributed by atoms with Gasteiger partial charge in [0.05, 0.1) is 0 Å². The zero-order valence-electron chi connectivity index (χ0n) is 13.4. The van der Waals surface area contributed by atoms with Crippen molar-refractivity contribution in [2.45, 2.75) is 46.1 Å². The topological polar surface area (TPSA) is 32.3 Å². The number of nitrogens with one attached hydrogen (secondary N) is 1. The molecule has 1 amide bonds. The van der Waals surface area contributed by atoms with Crippen LogP contribution in [0.5, 0.6) is 0 Å². The van der Waals surface area contributed by atoms with Crippen LogP contribution in [0.1, 0.15) is 55.5 Å². The summed E-state index contributed by atoms with van der Waals surface area (Å²) in [5.74, 6) is 0.914. The zero-order valence-corrected chi connectivity index (χ0v) is 13.4. The van der Waals surface area contributed by atoms with E-state index in [1.54, 1.807) is 0 Å². The lowest BCUT2D eigenvalue weighted by atomic mass is 9.99. The molecule has 1 saturated heterocycles. The molecule has 1 aliphatic heterocycles. The van der Waals surface area contributed by atoms with Gasteiger partial charge in [0.25, 0.3) is 5.91 Å². The molecule has 0 spiro atoms. The Hall–Kier alpha value is -1.35. The van der Waals surface area contributed by atoms with Gasteiger partial charge in [-0.1, -0.05) is 32.4 Å². The lowest BCUT2D eigenvalue weighted by molar-refractivity contribution is 0.0953. The molecule has 1 aromatic rings. The second kappa shape index (κ2) is 8.18. The van der Waals surface area contributed by atoms with Crippen molar-refractivity contribution in [2.24, 2.45) is 5.92 Å². The first-order valence-electron chi connectivity index (χ1n) is 8.28. The number of likely N-dealkylation sites (tertiary alicyclic amines) is 1. The van der Waals surface area contributed by atoms with Gasteiger partial charge >= 0.3 is 0 Å². The molecule has 0 radical (unpaired) electrons. The third-order valence-electron chi connectivity index (χ3n) is 4.31. The van der Waals surface area contributed by atoms with Crippen LogP contribution in [0.4, 0.5) is 0 Å². The summed E-state index contributed by atoms with van der Waals surface area (Å²) in [6, 6.07) is 8.08. The van der Waals surface area contributed by atoms with Gasteiger partial charge in [0.15, 0.2) is 0 Å². The number of amides is 1. The number of rotatable bonds is 6. The van der Waals surface area contributed by atoms with Crippen molar-refractivity contribution < 1.29 is 4.79 Å². The fourth-order valence-electron chi connectivity index (χ4n) is 2.72. The molecule has 0 atom stereocenters. The van der Waals surface area contributed by atoms with Gasteiger partial charge in [0.1, 0.15) is 0 Å². The van der Waals surface area contributed by atoms with Gasteiger partial charge in [-0.2, -0.15) is 0 Å². The van der Waals surface area contributed by atoms with Crippen molar-refractivity contribution in [1.29, 1.82) is 0 Å². The quantitative estimate of drug-likeness (QED) is 0.813. The number of carbonyl (C=O) groups is 1. The van der Waals surface area contributed by atoms with E-state index < -0.39 is 0 Å². The van der Waals surface area contributed by atoms with Gasteiger partial charge in [0, 0.05) is 18.7 Å². The van der Waals surface area contributed by atoms with Crippen LogP contribution in [0.3, 0.4) is 0 Å². The van der Waals surface area contributed by atoms with Crippen LogP contribution >= 0.6 is 0 Å². The molecule has 116 valence electrons. The summed E-state index contributed by atoms with van der Waals surface area (Å²) >= 11 is 0. The third-order valence-corrected chi connectivity index (χ3v) is 4.31. The number of benzene rings is 1. The molecule has 1 aliphatic rings. The standard InChI is InChI=1S/C18H28N2O/c1-3-4-11-19-18(21)17-7-5-16(6-8-17)14-20-12-9-15(2)10-13-20/h5-8,15H,3-4,9-14H2,1-2H3,(H,19,21). The highest BCUT2D eigenvalue weighted by atomic mass is 16.1. The van der Waals surface area contributed by atoms with Gasteiger partial charge in [-0.15, -0.1) is 0 Å². The molecule has 21 heavy (non-hydrogen) atoms. The van der Waals surface area contributed by atoms with Gasteiger partial charge in [-0.05, 0) is 56.0 Å². The molecule has 0 aromatic heterocycles. The van der Waals surface area contributed by atoms with E-state index in [0.717, 1.165) is 37.4 Å². The molecule has 1 heterocycles. The first kappa shape index (κ1) is 16.0. The predicted octanol–water partition coefficient (Wildman–Crippen LogP) is 3.45. The molecule has 3 heteroatoms. The van der Waals surface area contributed by atoms with Crippen molar-refractivity contribution >= 4 is 5.91 Å². The first-order valence-corrected chi connectivity index (χ1v) is 8.28.